The van der Waals surface area contributed by atoms with Gasteiger partial charge < -0.3 is 5.11 Å². The second kappa shape index (κ2) is 9.15. The highest BCUT2D eigenvalue weighted by molar-refractivity contribution is 5.59. The van der Waals surface area contributed by atoms with Crippen LogP contribution in [-0.2, 0) is 6.42 Å². The molecule has 2 heteroatoms. The fourth-order valence-electron chi connectivity index (χ4n) is 3.83. The van der Waals surface area contributed by atoms with Crippen LogP contribution in [0.25, 0.3) is 11.3 Å². The highest BCUT2D eigenvalue weighted by atomic mass is 16.3. The van der Waals surface area contributed by atoms with Crippen molar-refractivity contribution in [1.82, 2.24) is 4.98 Å². The summed E-state index contributed by atoms with van der Waals surface area (Å²) >= 11 is 0. The van der Waals surface area contributed by atoms with Crippen LogP contribution < -0.4 is 0 Å². The second-order valence-electron chi connectivity index (χ2n) is 7.49. The highest BCUT2D eigenvalue weighted by Crippen LogP contribution is 2.33. The van der Waals surface area contributed by atoms with Gasteiger partial charge in [0.25, 0.3) is 0 Å². The van der Waals surface area contributed by atoms with E-state index in [1.807, 2.05) is 6.20 Å². The van der Waals surface area contributed by atoms with Gasteiger partial charge in [0.2, 0.25) is 0 Å². The van der Waals surface area contributed by atoms with E-state index in [0.717, 1.165) is 37.8 Å². The van der Waals surface area contributed by atoms with Crippen LogP contribution in [0.5, 0.6) is 0 Å². The molecule has 1 aromatic heterocycles. The molecule has 0 aliphatic heterocycles. The molecule has 134 valence electrons. The van der Waals surface area contributed by atoms with Gasteiger partial charge >= 0.3 is 0 Å². The number of rotatable bonds is 7. The van der Waals surface area contributed by atoms with Gasteiger partial charge in [-0.05, 0) is 61.6 Å². The minimum atomic E-state index is -0.0831. The van der Waals surface area contributed by atoms with Crippen LogP contribution in [0.4, 0.5) is 0 Å². The molecule has 0 radical (unpaired) electrons. The Labute approximate surface area is 152 Å². The van der Waals surface area contributed by atoms with E-state index in [2.05, 4.69) is 48.3 Å². The van der Waals surface area contributed by atoms with Crippen molar-refractivity contribution in [2.75, 3.05) is 0 Å². The molecule has 0 saturated heterocycles. The van der Waals surface area contributed by atoms with Crippen LogP contribution in [0.15, 0.2) is 42.6 Å². The third-order valence-electron chi connectivity index (χ3n) is 5.52. The molecule has 0 amide bonds. The maximum Gasteiger partial charge on any atom is 0.0702 e. The summed E-state index contributed by atoms with van der Waals surface area (Å²) in [5.74, 6) is 0.607. The van der Waals surface area contributed by atoms with E-state index in [1.54, 1.807) is 0 Å². The Hall–Kier alpha value is -1.67. The molecule has 2 nitrogen and oxygen atoms in total. The molecule has 3 rings (SSSR count). The first-order valence-electron chi connectivity index (χ1n) is 9.99. The van der Waals surface area contributed by atoms with Gasteiger partial charge in [0.05, 0.1) is 11.8 Å². The Bertz CT molecular complexity index is 624. The van der Waals surface area contributed by atoms with Crippen LogP contribution in [-0.4, -0.2) is 16.2 Å². The van der Waals surface area contributed by atoms with Crippen molar-refractivity contribution in [2.24, 2.45) is 0 Å². The zero-order valence-electron chi connectivity index (χ0n) is 15.5. The average molecular weight is 338 g/mol. The first-order valence-corrected chi connectivity index (χ1v) is 9.99. The summed E-state index contributed by atoms with van der Waals surface area (Å²) in [6.07, 6.45) is 12.4. The van der Waals surface area contributed by atoms with Gasteiger partial charge in [0.15, 0.2) is 0 Å². The van der Waals surface area contributed by atoms with Gasteiger partial charge in [-0.2, -0.15) is 0 Å². The Kier molecular flexibility index (Phi) is 6.63. The van der Waals surface area contributed by atoms with Crippen molar-refractivity contribution in [2.45, 2.75) is 76.7 Å². The third-order valence-corrected chi connectivity index (χ3v) is 5.52. The van der Waals surface area contributed by atoms with Crippen molar-refractivity contribution < 1.29 is 5.11 Å². The summed E-state index contributed by atoms with van der Waals surface area (Å²) in [6, 6.07) is 13.3. The van der Waals surface area contributed by atoms with Gasteiger partial charge in [-0.25, -0.2) is 0 Å². The molecule has 1 aromatic carbocycles. The number of pyridine rings is 1. The SMILES string of the molecule is CCCCCCc1ccc(-c2ccc([C@H]3CC[C@H](O)CC3)cc2)nc1. The number of unbranched alkanes of at least 4 members (excludes halogenated alkanes) is 3. The fourth-order valence-corrected chi connectivity index (χ4v) is 3.83. The summed E-state index contributed by atoms with van der Waals surface area (Å²) in [5, 5.41) is 9.66. The van der Waals surface area contributed by atoms with E-state index in [-0.39, 0.29) is 6.10 Å². The number of aryl methyl sites for hydroxylation is 1. The lowest BCUT2D eigenvalue weighted by Crippen LogP contribution is -2.16. The van der Waals surface area contributed by atoms with E-state index in [0.29, 0.717) is 5.92 Å². The second-order valence-corrected chi connectivity index (χ2v) is 7.49. The maximum absolute atomic E-state index is 9.66. The quantitative estimate of drug-likeness (QED) is 0.639. The molecule has 0 bridgehead atoms. The maximum atomic E-state index is 9.66. The van der Waals surface area contributed by atoms with Crippen molar-refractivity contribution in [3.8, 4) is 11.3 Å². The van der Waals surface area contributed by atoms with Crippen LogP contribution in [0, 0.1) is 0 Å². The summed E-state index contributed by atoms with van der Waals surface area (Å²) in [7, 11) is 0. The number of benzene rings is 1. The number of aromatic nitrogens is 1. The monoisotopic (exact) mass is 337 g/mol. The van der Waals surface area contributed by atoms with Gasteiger partial charge in [0, 0.05) is 11.8 Å². The van der Waals surface area contributed by atoms with E-state index >= 15 is 0 Å². The molecule has 25 heavy (non-hydrogen) atoms. The molecule has 1 fully saturated rings. The molecule has 1 heterocycles. The number of hydrogen-bond acceptors (Lipinski definition) is 2. The molecule has 1 aliphatic carbocycles. The molecular weight excluding hydrogens is 306 g/mol. The lowest BCUT2D eigenvalue weighted by atomic mass is 9.82. The Morgan fingerprint density at radius 1 is 0.920 bits per heavy atom. The van der Waals surface area contributed by atoms with Gasteiger partial charge in [-0.1, -0.05) is 56.5 Å². The Morgan fingerprint density at radius 2 is 1.68 bits per heavy atom. The largest absolute Gasteiger partial charge is 0.393 e. The average Bonchev–Trinajstić information content (AvgIpc) is 2.67. The zero-order chi connectivity index (χ0) is 17.5. The molecule has 0 atom stereocenters. The van der Waals surface area contributed by atoms with E-state index < -0.39 is 0 Å². The van der Waals surface area contributed by atoms with Gasteiger partial charge in [-0.15, -0.1) is 0 Å². The first kappa shape index (κ1) is 18.1. The standard InChI is InChI=1S/C23H31NO/c1-2-3-4-5-6-18-7-16-23(24-17-18)21-10-8-19(9-11-21)20-12-14-22(25)15-13-20/h7-11,16-17,20,22,25H,2-6,12-15H2,1H3/t20-,22-. The third kappa shape index (κ3) is 5.15. The van der Waals surface area contributed by atoms with Crippen molar-refractivity contribution in [3.05, 3.63) is 53.7 Å². The van der Waals surface area contributed by atoms with Crippen LogP contribution >= 0.6 is 0 Å². The normalized spacial score (nSPS) is 20.6. The minimum Gasteiger partial charge on any atom is -0.393 e. The minimum absolute atomic E-state index is 0.0831. The number of nitrogens with zero attached hydrogens (tertiary/aromatic N) is 1. The van der Waals surface area contributed by atoms with Crippen LogP contribution in [0.2, 0.25) is 0 Å². The first-order chi connectivity index (χ1) is 12.3. The zero-order valence-corrected chi connectivity index (χ0v) is 15.5. The summed E-state index contributed by atoms with van der Waals surface area (Å²) in [5.41, 5.74) is 5.00. The van der Waals surface area contributed by atoms with Crippen molar-refractivity contribution in [1.29, 1.82) is 0 Å². The van der Waals surface area contributed by atoms with Crippen LogP contribution in [0.1, 0.15) is 75.3 Å². The molecule has 0 unspecified atom stereocenters. The van der Waals surface area contributed by atoms with E-state index in [1.165, 1.54) is 42.4 Å². The molecule has 1 saturated carbocycles. The predicted molar refractivity (Wildman–Crippen MR) is 105 cm³/mol. The van der Waals surface area contributed by atoms with Gasteiger partial charge in [-0.3, -0.25) is 4.98 Å². The molecule has 2 aromatic rings. The smallest absolute Gasteiger partial charge is 0.0702 e. The van der Waals surface area contributed by atoms with Crippen molar-refractivity contribution >= 4 is 0 Å². The summed E-state index contributed by atoms with van der Waals surface area (Å²) in [6.45, 7) is 2.25. The predicted octanol–water partition coefficient (Wildman–Crippen LogP) is 5.89. The van der Waals surface area contributed by atoms with E-state index in [9.17, 15) is 5.11 Å². The Morgan fingerprint density at radius 3 is 2.32 bits per heavy atom. The summed E-state index contributed by atoms with van der Waals surface area (Å²) in [4.78, 5) is 4.67. The number of aliphatic hydroxyl groups is 1. The lowest BCUT2D eigenvalue weighted by molar-refractivity contribution is 0.122. The summed E-state index contributed by atoms with van der Waals surface area (Å²) < 4.78 is 0. The lowest BCUT2D eigenvalue weighted by Gasteiger charge is -2.25. The number of hydrogen-bond donors (Lipinski definition) is 1. The molecule has 1 N–H and O–H groups in total. The fraction of sp³-hybridized carbons (Fsp3) is 0.522. The van der Waals surface area contributed by atoms with Gasteiger partial charge in [0.1, 0.15) is 0 Å². The highest BCUT2D eigenvalue weighted by Gasteiger charge is 2.20. The van der Waals surface area contributed by atoms with Crippen LogP contribution in [0.3, 0.4) is 0 Å². The molecular formula is C23H31NO. The number of aliphatic hydroxyl groups excluding tert-OH is 1. The topological polar surface area (TPSA) is 33.1 Å². The van der Waals surface area contributed by atoms with Crippen molar-refractivity contribution in [3.63, 3.8) is 0 Å². The Balaban J connectivity index is 1.58. The molecule has 1 aliphatic rings. The molecule has 0 spiro atoms. The van der Waals surface area contributed by atoms with E-state index in [4.69, 9.17) is 0 Å².